The standard InChI is InChI=1S/C14H17N5O2/c1-9-6-5-7-11(8-9)18(4)13-12(19(20)21)10(2)16-14(15-3)17-13/h5-8H,1-4H3,(H,15,16,17). The van der Waals surface area contributed by atoms with Crippen molar-refractivity contribution in [2.75, 3.05) is 24.3 Å². The maximum atomic E-state index is 11.3. The van der Waals surface area contributed by atoms with Gasteiger partial charge in [0.25, 0.3) is 0 Å². The molecule has 1 aromatic heterocycles. The van der Waals surface area contributed by atoms with Gasteiger partial charge in [-0.25, -0.2) is 4.98 Å². The lowest BCUT2D eigenvalue weighted by Crippen LogP contribution is -2.16. The molecule has 0 aliphatic carbocycles. The normalized spacial score (nSPS) is 10.3. The molecule has 7 nitrogen and oxygen atoms in total. The third kappa shape index (κ3) is 2.91. The molecule has 0 aliphatic rings. The molecule has 0 radical (unpaired) electrons. The SMILES string of the molecule is CNc1nc(C)c([N+](=O)[O-])c(N(C)c2cccc(C)c2)n1. The Labute approximate surface area is 122 Å². The maximum Gasteiger partial charge on any atom is 0.333 e. The molecule has 0 amide bonds. The van der Waals surface area contributed by atoms with Crippen molar-refractivity contribution in [2.24, 2.45) is 0 Å². The van der Waals surface area contributed by atoms with Gasteiger partial charge in [0, 0.05) is 19.8 Å². The van der Waals surface area contributed by atoms with Crippen molar-refractivity contribution in [2.45, 2.75) is 13.8 Å². The Hall–Kier alpha value is -2.70. The molecule has 110 valence electrons. The minimum absolute atomic E-state index is 0.0852. The second-order valence-electron chi connectivity index (χ2n) is 4.71. The van der Waals surface area contributed by atoms with E-state index in [1.54, 1.807) is 25.9 Å². The van der Waals surface area contributed by atoms with Crippen molar-refractivity contribution in [3.05, 3.63) is 45.6 Å². The number of hydrogen-bond donors (Lipinski definition) is 1. The lowest BCUT2D eigenvalue weighted by atomic mass is 10.2. The Kier molecular flexibility index (Phi) is 4.02. The summed E-state index contributed by atoms with van der Waals surface area (Å²) in [5.74, 6) is 0.620. The summed E-state index contributed by atoms with van der Waals surface area (Å²) < 4.78 is 0. The average Bonchev–Trinajstić information content (AvgIpc) is 2.45. The fourth-order valence-corrected chi connectivity index (χ4v) is 2.07. The topological polar surface area (TPSA) is 84.2 Å². The van der Waals surface area contributed by atoms with Crippen molar-refractivity contribution in [1.82, 2.24) is 9.97 Å². The van der Waals surface area contributed by atoms with Gasteiger partial charge in [-0.05, 0) is 31.5 Å². The van der Waals surface area contributed by atoms with Gasteiger partial charge in [0.2, 0.25) is 11.8 Å². The first-order valence-electron chi connectivity index (χ1n) is 6.45. The number of nitrogens with zero attached hydrogens (tertiary/aromatic N) is 4. The van der Waals surface area contributed by atoms with Crippen LogP contribution in [0.15, 0.2) is 24.3 Å². The fourth-order valence-electron chi connectivity index (χ4n) is 2.07. The largest absolute Gasteiger partial charge is 0.357 e. The van der Waals surface area contributed by atoms with E-state index >= 15 is 0 Å². The van der Waals surface area contributed by atoms with Crippen molar-refractivity contribution in [3.63, 3.8) is 0 Å². The van der Waals surface area contributed by atoms with Gasteiger partial charge in [-0.15, -0.1) is 0 Å². The van der Waals surface area contributed by atoms with Crippen LogP contribution in [-0.2, 0) is 0 Å². The van der Waals surface area contributed by atoms with Crippen molar-refractivity contribution in [3.8, 4) is 0 Å². The predicted molar refractivity (Wildman–Crippen MR) is 82.2 cm³/mol. The monoisotopic (exact) mass is 287 g/mol. The van der Waals surface area contributed by atoms with Gasteiger partial charge >= 0.3 is 5.69 Å². The number of aryl methyl sites for hydroxylation is 2. The summed E-state index contributed by atoms with van der Waals surface area (Å²) in [6, 6.07) is 7.70. The molecular weight excluding hydrogens is 270 g/mol. The van der Waals surface area contributed by atoms with E-state index < -0.39 is 4.92 Å². The molecule has 7 heteroatoms. The molecule has 1 heterocycles. The van der Waals surface area contributed by atoms with Crippen LogP contribution >= 0.6 is 0 Å². The Bertz CT molecular complexity index is 687. The number of benzene rings is 1. The minimum Gasteiger partial charge on any atom is -0.357 e. The molecule has 0 bridgehead atoms. The number of hydrogen-bond acceptors (Lipinski definition) is 6. The van der Waals surface area contributed by atoms with Gasteiger partial charge in [-0.3, -0.25) is 10.1 Å². The first-order chi connectivity index (χ1) is 9.93. The molecule has 1 aromatic carbocycles. The van der Waals surface area contributed by atoms with Crippen LogP contribution in [0.5, 0.6) is 0 Å². The molecule has 0 saturated heterocycles. The average molecular weight is 287 g/mol. The number of anilines is 3. The van der Waals surface area contributed by atoms with E-state index in [0.29, 0.717) is 11.6 Å². The van der Waals surface area contributed by atoms with Gasteiger partial charge in [0.1, 0.15) is 5.69 Å². The molecule has 0 spiro atoms. The van der Waals surface area contributed by atoms with E-state index in [-0.39, 0.29) is 11.5 Å². The Morgan fingerprint density at radius 2 is 2.00 bits per heavy atom. The summed E-state index contributed by atoms with van der Waals surface area (Å²) in [6.07, 6.45) is 0. The third-order valence-electron chi connectivity index (χ3n) is 3.15. The summed E-state index contributed by atoms with van der Waals surface area (Å²) in [4.78, 5) is 20.9. The molecule has 0 unspecified atom stereocenters. The van der Waals surface area contributed by atoms with Crippen LogP contribution in [0.1, 0.15) is 11.3 Å². The minimum atomic E-state index is -0.448. The second-order valence-corrected chi connectivity index (χ2v) is 4.71. The summed E-state index contributed by atoms with van der Waals surface area (Å²) in [6.45, 7) is 3.57. The summed E-state index contributed by atoms with van der Waals surface area (Å²) in [5, 5.41) is 14.1. The van der Waals surface area contributed by atoms with Gasteiger partial charge in [0.15, 0.2) is 0 Å². The fraction of sp³-hybridized carbons (Fsp3) is 0.286. The summed E-state index contributed by atoms with van der Waals surface area (Å²) in [7, 11) is 3.43. The Morgan fingerprint density at radius 1 is 1.29 bits per heavy atom. The highest BCUT2D eigenvalue weighted by Crippen LogP contribution is 2.33. The van der Waals surface area contributed by atoms with Crippen molar-refractivity contribution in [1.29, 1.82) is 0 Å². The van der Waals surface area contributed by atoms with E-state index in [0.717, 1.165) is 11.3 Å². The van der Waals surface area contributed by atoms with Gasteiger partial charge in [-0.1, -0.05) is 12.1 Å². The van der Waals surface area contributed by atoms with Crippen molar-refractivity contribution < 1.29 is 4.92 Å². The van der Waals surface area contributed by atoms with E-state index in [4.69, 9.17) is 0 Å². The highest BCUT2D eigenvalue weighted by atomic mass is 16.6. The molecular formula is C14H17N5O2. The molecule has 0 aliphatic heterocycles. The highest BCUT2D eigenvalue weighted by Gasteiger charge is 2.25. The number of nitro groups is 1. The van der Waals surface area contributed by atoms with Crippen molar-refractivity contribution >= 4 is 23.1 Å². The quantitative estimate of drug-likeness (QED) is 0.687. The number of rotatable bonds is 4. The zero-order valence-electron chi connectivity index (χ0n) is 12.4. The summed E-state index contributed by atoms with van der Waals surface area (Å²) >= 11 is 0. The smallest absolute Gasteiger partial charge is 0.333 e. The Morgan fingerprint density at radius 3 is 2.57 bits per heavy atom. The number of nitrogens with one attached hydrogen (secondary N) is 1. The van der Waals surface area contributed by atoms with E-state index in [1.807, 2.05) is 31.2 Å². The van der Waals surface area contributed by atoms with Crippen LogP contribution in [0.3, 0.4) is 0 Å². The lowest BCUT2D eigenvalue weighted by Gasteiger charge is -2.19. The van der Waals surface area contributed by atoms with Crippen LogP contribution in [0.4, 0.5) is 23.1 Å². The summed E-state index contributed by atoms with van der Waals surface area (Å²) in [5.41, 5.74) is 2.15. The molecule has 1 N–H and O–H groups in total. The zero-order chi connectivity index (χ0) is 15.6. The zero-order valence-corrected chi connectivity index (χ0v) is 12.4. The third-order valence-corrected chi connectivity index (χ3v) is 3.15. The van der Waals surface area contributed by atoms with Crippen LogP contribution in [0.25, 0.3) is 0 Å². The van der Waals surface area contributed by atoms with Gasteiger partial charge in [-0.2, -0.15) is 4.98 Å². The van der Waals surface area contributed by atoms with E-state index in [2.05, 4.69) is 15.3 Å². The van der Waals surface area contributed by atoms with Gasteiger partial charge in [0.05, 0.1) is 4.92 Å². The lowest BCUT2D eigenvalue weighted by molar-refractivity contribution is -0.385. The molecule has 2 rings (SSSR count). The molecule has 0 saturated carbocycles. The van der Waals surface area contributed by atoms with Crippen LogP contribution < -0.4 is 10.2 Å². The molecule has 0 atom stereocenters. The van der Waals surface area contributed by atoms with E-state index in [1.165, 1.54) is 0 Å². The second kappa shape index (κ2) is 5.74. The maximum absolute atomic E-state index is 11.3. The molecule has 0 fully saturated rings. The number of aromatic nitrogens is 2. The van der Waals surface area contributed by atoms with Gasteiger partial charge < -0.3 is 10.2 Å². The predicted octanol–water partition coefficient (Wildman–Crippen LogP) is 2.81. The molecule has 2 aromatic rings. The van der Waals surface area contributed by atoms with Crippen LogP contribution in [0.2, 0.25) is 0 Å². The highest BCUT2D eigenvalue weighted by molar-refractivity contribution is 5.70. The van der Waals surface area contributed by atoms with Crippen LogP contribution in [-0.4, -0.2) is 29.0 Å². The van der Waals surface area contributed by atoms with Crippen LogP contribution in [0, 0.1) is 24.0 Å². The first-order valence-corrected chi connectivity index (χ1v) is 6.45. The Balaban J connectivity index is 2.60. The molecule has 21 heavy (non-hydrogen) atoms. The van der Waals surface area contributed by atoms with E-state index in [9.17, 15) is 10.1 Å². The first kappa shape index (κ1) is 14.7.